The molecule has 2 N–H and O–H groups in total. The minimum atomic E-state index is -4.50. The maximum absolute atomic E-state index is 13.5. The first-order valence-electron chi connectivity index (χ1n) is 8.93. The first-order valence-corrected chi connectivity index (χ1v) is 9.81. The van der Waals surface area contributed by atoms with Crippen LogP contribution in [0.1, 0.15) is 40.3 Å². The fourth-order valence-corrected chi connectivity index (χ4v) is 4.09. The standard InChI is InChI=1S/C21H16F3N3O2S/c1-20(2)13-4-3-5-14(21(22,23)24)16(13)26-17(27-20)18-25-15(10-30-18)11-6-8-12(9-7-11)19(28)29/h3-10H,1-2H3,(H,26,27)(H,28,29). The van der Waals surface area contributed by atoms with Gasteiger partial charge in [-0.2, -0.15) is 13.2 Å². The molecule has 0 saturated carbocycles. The summed E-state index contributed by atoms with van der Waals surface area (Å²) in [6.45, 7) is 3.51. The number of anilines is 1. The number of alkyl halides is 3. The Morgan fingerprint density at radius 1 is 1.13 bits per heavy atom. The van der Waals surface area contributed by atoms with Crippen LogP contribution in [0.4, 0.5) is 18.9 Å². The van der Waals surface area contributed by atoms with Crippen LogP contribution in [0.5, 0.6) is 0 Å². The number of hydrogen-bond acceptors (Lipinski definition) is 5. The summed E-state index contributed by atoms with van der Waals surface area (Å²) in [6, 6.07) is 10.3. The number of carboxylic acids is 1. The fourth-order valence-electron chi connectivity index (χ4n) is 3.32. The number of thiazole rings is 1. The monoisotopic (exact) mass is 431 g/mol. The van der Waals surface area contributed by atoms with E-state index in [-0.39, 0.29) is 17.1 Å². The molecule has 9 heteroatoms. The van der Waals surface area contributed by atoms with Crippen LogP contribution in [-0.2, 0) is 11.7 Å². The molecule has 5 nitrogen and oxygen atoms in total. The molecule has 0 radical (unpaired) electrons. The molecular weight excluding hydrogens is 415 g/mol. The van der Waals surface area contributed by atoms with Crippen LogP contribution in [0, 0.1) is 0 Å². The lowest BCUT2D eigenvalue weighted by atomic mass is 9.89. The molecule has 0 unspecified atom stereocenters. The van der Waals surface area contributed by atoms with Gasteiger partial charge in [0.2, 0.25) is 0 Å². The van der Waals surface area contributed by atoms with Crippen LogP contribution in [0.25, 0.3) is 11.3 Å². The van der Waals surface area contributed by atoms with Crippen molar-refractivity contribution < 1.29 is 23.1 Å². The van der Waals surface area contributed by atoms with Crippen molar-refractivity contribution in [3.63, 3.8) is 0 Å². The van der Waals surface area contributed by atoms with Crippen LogP contribution in [-0.4, -0.2) is 21.9 Å². The molecule has 0 amide bonds. The highest BCUT2D eigenvalue weighted by Crippen LogP contribution is 2.43. The average molecular weight is 431 g/mol. The molecule has 1 aliphatic heterocycles. The van der Waals surface area contributed by atoms with Gasteiger partial charge >= 0.3 is 12.1 Å². The van der Waals surface area contributed by atoms with Crippen molar-refractivity contribution >= 4 is 28.8 Å². The third-order valence-corrected chi connectivity index (χ3v) is 5.65. The lowest BCUT2D eigenvalue weighted by molar-refractivity contribution is -0.137. The van der Waals surface area contributed by atoms with E-state index in [1.54, 1.807) is 37.4 Å². The molecule has 0 atom stereocenters. The average Bonchev–Trinajstić information content (AvgIpc) is 3.16. The van der Waals surface area contributed by atoms with Crippen molar-refractivity contribution in [3.8, 4) is 11.3 Å². The summed E-state index contributed by atoms with van der Waals surface area (Å²) in [5.74, 6) is -0.759. The zero-order valence-corrected chi connectivity index (χ0v) is 16.7. The number of benzene rings is 2. The van der Waals surface area contributed by atoms with Crippen LogP contribution < -0.4 is 5.32 Å². The van der Waals surface area contributed by atoms with Gasteiger partial charge in [-0.15, -0.1) is 11.3 Å². The van der Waals surface area contributed by atoms with Gasteiger partial charge in [0.1, 0.15) is 0 Å². The Balaban J connectivity index is 1.72. The number of nitrogens with one attached hydrogen (secondary N) is 1. The van der Waals surface area contributed by atoms with Crippen LogP contribution in [0.2, 0.25) is 0 Å². The van der Waals surface area contributed by atoms with E-state index in [0.29, 0.717) is 21.8 Å². The zero-order chi connectivity index (χ0) is 21.7. The highest BCUT2D eigenvalue weighted by Gasteiger charge is 2.39. The number of carbonyl (C=O) groups is 1. The molecule has 0 fully saturated rings. The first kappa shape index (κ1) is 20.1. The van der Waals surface area contributed by atoms with Gasteiger partial charge in [-0.25, -0.2) is 9.78 Å². The largest absolute Gasteiger partial charge is 0.478 e. The topological polar surface area (TPSA) is 74.6 Å². The van der Waals surface area contributed by atoms with E-state index in [1.807, 2.05) is 0 Å². The van der Waals surface area contributed by atoms with E-state index >= 15 is 0 Å². The highest BCUT2D eigenvalue weighted by molar-refractivity contribution is 7.12. The van der Waals surface area contributed by atoms with E-state index in [4.69, 9.17) is 5.11 Å². The number of fused-ring (bicyclic) bond motifs is 1. The highest BCUT2D eigenvalue weighted by atomic mass is 32.1. The Kier molecular flexibility index (Phi) is 4.65. The predicted molar refractivity (Wildman–Crippen MR) is 109 cm³/mol. The molecule has 4 rings (SSSR count). The number of rotatable bonds is 3. The van der Waals surface area contributed by atoms with Gasteiger partial charge in [0.15, 0.2) is 10.8 Å². The van der Waals surface area contributed by atoms with Gasteiger partial charge < -0.3 is 10.4 Å². The third kappa shape index (κ3) is 3.56. The number of nitrogens with zero attached hydrogens (tertiary/aromatic N) is 2. The molecule has 0 saturated heterocycles. The molecule has 0 spiro atoms. The Morgan fingerprint density at radius 3 is 2.47 bits per heavy atom. The summed E-state index contributed by atoms with van der Waals surface area (Å²) in [7, 11) is 0. The minimum Gasteiger partial charge on any atom is -0.478 e. The molecule has 1 aliphatic rings. The number of aliphatic imine (C=N–C) groups is 1. The van der Waals surface area contributed by atoms with Crippen molar-refractivity contribution in [2.24, 2.45) is 4.99 Å². The minimum absolute atomic E-state index is 0.0115. The summed E-state index contributed by atoms with van der Waals surface area (Å²) >= 11 is 1.25. The second-order valence-electron chi connectivity index (χ2n) is 7.29. The molecule has 2 aromatic carbocycles. The molecular formula is C21H16F3N3O2S. The number of aromatic nitrogens is 1. The Labute approximate surface area is 173 Å². The normalized spacial score (nSPS) is 15.2. The number of hydrogen-bond donors (Lipinski definition) is 2. The predicted octanol–water partition coefficient (Wildman–Crippen LogP) is 5.63. The van der Waals surface area contributed by atoms with Crippen molar-refractivity contribution in [1.82, 2.24) is 4.98 Å². The van der Waals surface area contributed by atoms with Gasteiger partial charge in [-0.05, 0) is 32.0 Å². The number of carboxylic acid groups (broad SMARTS) is 1. The maximum atomic E-state index is 13.5. The number of halogens is 3. The van der Waals surface area contributed by atoms with Gasteiger partial charge in [0.05, 0.1) is 28.0 Å². The molecule has 30 heavy (non-hydrogen) atoms. The molecule has 154 valence electrons. The molecule has 2 heterocycles. The maximum Gasteiger partial charge on any atom is 0.418 e. The summed E-state index contributed by atoms with van der Waals surface area (Å²) in [4.78, 5) is 20.1. The summed E-state index contributed by atoms with van der Waals surface area (Å²) in [6.07, 6.45) is -4.50. The van der Waals surface area contributed by atoms with Crippen molar-refractivity contribution in [1.29, 1.82) is 0 Å². The van der Waals surface area contributed by atoms with Crippen LogP contribution in [0.3, 0.4) is 0 Å². The van der Waals surface area contributed by atoms with E-state index in [1.165, 1.54) is 29.5 Å². The smallest absolute Gasteiger partial charge is 0.418 e. The fraction of sp³-hybridized carbons (Fsp3) is 0.190. The second-order valence-corrected chi connectivity index (χ2v) is 8.15. The molecule has 0 bridgehead atoms. The Morgan fingerprint density at radius 2 is 1.83 bits per heavy atom. The quantitative estimate of drug-likeness (QED) is 0.563. The molecule has 3 aromatic rings. The SMILES string of the molecule is CC1(C)N=C(c2nc(-c3ccc(C(=O)O)cc3)cs2)Nc2c(C(F)(F)F)cccc21. The van der Waals surface area contributed by atoms with E-state index < -0.39 is 23.2 Å². The summed E-state index contributed by atoms with van der Waals surface area (Å²) < 4.78 is 40.6. The lowest BCUT2D eigenvalue weighted by Gasteiger charge is -2.32. The van der Waals surface area contributed by atoms with Gasteiger partial charge in [0, 0.05) is 16.5 Å². The Hall–Kier alpha value is -3.20. The number of para-hydroxylation sites is 1. The van der Waals surface area contributed by atoms with Crippen LogP contribution in [0.15, 0.2) is 52.8 Å². The number of amidine groups is 1. The zero-order valence-electron chi connectivity index (χ0n) is 15.9. The van der Waals surface area contributed by atoms with E-state index in [0.717, 1.165) is 6.07 Å². The summed E-state index contributed by atoms with van der Waals surface area (Å²) in [5, 5.41) is 14.0. The van der Waals surface area contributed by atoms with Gasteiger partial charge in [-0.3, -0.25) is 4.99 Å². The Bertz CT molecular complexity index is 1160. The van der Waals surface area contributed by atoms with Crippen molar-refractivity contribution in [2.75, 3.05) is 5.32 Å². The third-order valence-electron chi connectivity index (χ3n) is 4.80. The lowest BCUT2D eigenvalue weighted by Crippen LogP contribution is -2.31. The number of aromatic carboxylic acids is 1. The van der Waals surface area contributed by atoms with E-state index in [9.17, 15) is 18.0 Å². The summed E-state index contributed by atoms with van der Waals surface area (Å²) in [5.41, 5.74) is 0.280. The van der Waals surface area contributed by atoms with Crippen molar-refractivity contribution in [2.45, 2.75) is 25.6 Å². The molecule has 0 aliphatic carbocycles. The van der Waals surface area contributed by atoms with Crippen LogP contribution >= 0.6 is 11.3 Å². The van der Waals surface area contributed by atoms with Crippen molar-refractivity contribution in [3.05, 3.63) is 69.5 Å². The van der Waals surface area contributed by atoms with Gasteiger partial charge in [-0.1, -0.05) is 24.3 Å². The van der Waals surface area contributed by atoms with Gasteiger partial charge in [0.25, 0.3) is 0 Å². The first-order chi connectivity index (χ1) is 14.1. The van der Waals surface area contributed by atoms with E-state index in [2.05, 4.69) is 15.3 Å². The molecule has 1 aromatic heterocycles. The second kappa shape index (κ2) is 6.94.